The van der Waals surface area contributed by atoms with Crippen molar-refractivity contribution in [2.24, 2.45) is 11.8 Å². The third kappa shape index (κ3) is 8.24. The Hall–Kier alpha value is -0.840. The summed E-state index contributed by atoms with van der Waals surface area (Å²) in [6, 6.07) is 3.98. The first-order valence-electron chi connectivity index (χ1n) is 7.90. The number of aliphatic hydroxyl groups is 1. The van der Waals surface area contributed by atoms with Crippen molar-refractivity contribution < 1.29 is 14.3 Å². The number of rotatable bonds is 10. The van der Waals surface area contributed by atoms with E-state index in [9.17, 15) is 5.11 Å². The van der Waals surface area contributed by atoms with Crippen molar-refractivity contribution in [3.05, 3.63) is 23.7 Å². The van der Waals surface area contributed by atoms with Crippen LogP contribution in [-0.2, 0) is 11.3 Å². The standard InChI is InChI=1S/C17H31NO3/c1-13(2)8-18(10-17-7-6-15(5)21-17)9-16(19)12-20-11-14(3)4/h6-7,13-14,16,19H,8-12H2,1-5H3/t16-/m1/s1. The average Bonchev–Trinajstić information content (AvgIpc) is 2.73. The normalized spacial score (nSPS) is 13.6. The number of ether oxygens (including phenoxy) is 1. The zero-order valence-corrected chi connectivity index (χ0v) is 14.1. The van der Waals surface area contributed by atoms with Crippen LogP contribution in [-0.4, -0.2) is 42.4 Å². The minimum absolute atomic E-state index is 0.393. The van der Waals surface area contributed by atoms with Crippen LogP contribution < -0.4 is 0 Å². The minimum atomic E-state index is -0.460. The molecule has 1 aromatic rings. The van der Waals surface area contributed by atoms with Gasteiger partial charge >= 0.3 is 0 Å². The first kappa shape index (κ1) is 18.2. The Morgan fingerprint density at radius 1 is 1.10 bits per heavy atom. The maximum absolute atomic E-state index is 10.1. The molecule has 1 aromatic heterocycles. The molecule has 1 rings (SSSR count). The van der Waals surface area contributed by atoms with Gasteiger partial charge in [0.1, 0.15) is 11.5 Å². The highest BCUT2D eigenvalue weighted by Crippen LogP contribution is 2.12. The van der Waals surface area contributed by atoms with Gasteiger partial charge in [0, 0.05) is 19.7 Å². The smallest absolute Gasteiger partial charge is 0.118 e. The lowest BCUT2D eigenvalue weighted by molar-refractivity contribution is 0.00425. The average molecular weight is 297 g/mol. The van der Waals surface area contributed by atoms with Crippen LogP contribution >= 0.6 is 0 Å². The van der Waals surface area contributed by atoms with Crippen molar-refractivity contribution in [3.63, 3.8) is 0 Å². The van der Waals surface area contributed by atoms with Crippen molar-refractivity contribution >= 4 is 0 Å². The molecule has 4 heteroatoms. The Balaban J connectivity index is 2.45. The van der Waals surface area contributed by atoms with Gasteiger partial charge in [0.15, 0.2) is 0 Å². The second-order valence-electron chi connectivity index (χ2n) is 6.69. The predicted molar refractivity (Wildman–Crippen MR) is 85.2 cm³/mol. The first-order chi connectivity index (χ1) is 9.86. The van der Waals surface area contributed by atoms with Gasteiger partial charge in [0.25, 0.3) is 0 Å². The van der Waals surface area contributed by atoms with Gasteiger partial charge in [0.2, 0.25) is 0 Å². The van der Waals surface area contributed by atoms with Crippen LogP contribution in [0.15, 0.2) is 16.5 Å². The largest absolute Gasteiger partial charge is 0.465 e. The molecule has 0 fully saturated rings. The van der Waals surface area contributed by atoms with Crippen molar-refractivity contribution in [3.8, 4) is 0 Å². The lowest BCUT2D eigenvalue weighted by Crippen LogP contribution is -2.36. The Morgan fingerprint density at radius 3 is 2.33 bits per heavy atom. The molecule has 4 nitrogen and oxygen atoms in total. The number of hydrogen-bond donors (Lipinski definition) is 1. The summed E-state index contributed by atoms with van der Waals surface area (Å²) in [5.74, 6) is 2.92. The fourth-order valence-electron chi connectivity index (χ4n) is 2.30. The van der Waals surface area contributed by atoms with Gasteiger partial charge in [0.05, 0.1) is 19.3 Å². The zero-order valence-electron chi connectivity index (χ0n) is 14.1. The Bertz CT molecular complexity index is 387. The first-order valence-corrected chi connectivity index (χ1v) is 7.90. The van der Waals surface area contributed by atoms with Crippen LogP contribution in [0, 0.1) is 18.8 Å². The van der Waals surface area contributed by atoms with E-state index in [4.69, 9.17) is 9.15 Å². The molecule has 21 heavy (non-hydrogen) atoms. The SMILES string of the molecule is Cc1ccc(CN(CC(C)C)C[C@@H](O)COCC(C)C)o1. The molecule has 0 aliphatic heterocycles. The predicted octanol–water partition coefficient (Wildman–Crippen LogP) is 3.08. The van der Waals surface area contributed by atoms with E-state index < -0.39 is 6.10 Å². The van der Waals surface area contributed by atoms with Gasteiger partial charge in [-0.25, -0.2) is 0 Å². The third-order valence-corrected chi connectivity index (χ3v) is 3.03. The van der Waals surface area contributed by atoms with Gasteiger partial charge in [-0.3, -0.25) is 4.90 Å². The molecule has 0 spiro atoms. The van der Waals surface area contributed by atoms with Crippen molar-refractivity contribution in [2.45, 2.75) is 47.3 Å². The van der Waals surface area contributed by atoms with Gasteiger partial charge < -0.3 is 14.3 Å². The number of aliphatic hydroxyl groups excluding tert-OH is 1. The summed E-state index contributed by atoms with van der Waals surface area (Å²) in [5.41, 5.74) is 0. The molecule has 0 radical (unpaired) electrons. The second kappa shape index (κ2) is 9.23. The van der Waals surface area contributed by atoms with Crippen LogP contribution in [0.2, 0.25) is 0 Å². The molecular weight excluding hydrogens is 266 g/mol. The highest BCUT2D eigenvalue weighted by molar-refractivity contribution is 5.05. The zero-order chi connectivity index (χ0) is 15.8. The monoisotopic (exact) mass is 297 g/mol. The molecule has 0 saturated heterocycles. The number of nitrogens with zero attached hydrogens (tertiary/aromatic N) is 1. The third-order valence-electron chi connectivity index (χ3n) is 3.03. The summed E-state index contributed by atoms with van der Waals surface area (Å²) in [6.07, 6.45) is -0.460. The van der Waals surface area contributed by atoms with Crippen molar-refractivity contribution in [2.75, 3.05) is 26.3 Å². The highest BCUT2D eigenvalue weighted by atomic mass is 16.5. The number of hydrogen-bond acceptors (Lipinski definition) is 4. The van der Waals surface area contributed by atoms with Crippen LogP contribution in [0.25, 0.3) is 0 Å². The summed E-state index contributed by atoms with van der Waals surface area (Å²) in [5, 5.41) is 10.1. The molecule has 0 aliphatic rings. The second-order valence-corrected chi connectivity index (χ2v) is 6.69. The van der Waals surface area contributed by atoms with Gasteiger partial charge in [-0.05, 0) is 30.9 Å². The molecule has 1 N–H and O–H groups in total. The quantitative estimate of drug-likeness (QED) is 0.721. The lowest BCUT2D eigenvalue weighted by Gasteiger charge is -2.26. The molecular formula is C17H31NO3. The topological polar surface area (TPSA) is 45.8 Å². The maximum Gasteiger partial charge on any atom is 0.118 e. The number of furan rings is 1. The van der Waals surface area contributed by atoms with E-state index in [-0.39, 0.29) is 0 Å². The fourth-order valence-corrected chi connectivity index (χ4v) is 2.30. The van der Waals surface area contributed by atoms with E-state index >= 15 is 0 Å². The van der Waals surface area contributed by atoms with E-state index in [2.05, 4.69) is 32.6 Å². The molecule has 0 unspecified atom stereocenters. The fraction of sp³-hybridized carbons (Fsp3) is 0.765. The molecule has 0 aromatic carbocycles. The Labute approximate surface area is 129 Å². The van der Waals surface area contributed by atoms with Crippen molar-refractivity contribution in [1.82, 2.24) is 4.90 Å². The summed E-state index contributed by atoms with van der Waals surface area (Å²) < 4.78 is 11.2. The summed E-state index contributed by atoms with van der Waals surface area (Å²) in [7, 11) is 0. The van der Waals surface area contributed by atoms with Gasteiger partial charge in [-0.2, -0.15) is 0 Å². The van der Waals surface area contributed by atoms with Gasteiger partial charge in [-0.15, -0.1) is 0 Å². The Morgan fingerprint density at radius 2 is 1.81 bits per heavy atom. The molecule has 122 valence electrons. The van der Waals surface area contributed by atoms with Crippen LogP contribution in [0.5, 0.6) is 0 Å². The summed E-state index contributed by atoms with van der Waals surface area (Å²) in [6.45, 7) is 13.9. The molecule has 1 heterocycles. The molecule has 0 aliphatic carbocycles. The Kier molecular flexibility index (Phi) is 8.01. The molecule has 0 saturated carbocycles. The van der Waals surface area contributed by atoms with E-state index in [0.717, 1.165) is 24.6 Å². The molecule has 1 atom stereocenters. The van der Waals surface area contributed by atoms with Crippen LogP contribution in [0.4, 0.5) is 0 Å². The highest BCUT2D eigenvalue weighted by Gasteiger charge is 2.15. The van der Waals surface area contributed by atoms with E-state index in [1.165, 1.54) is 0 Å². The number of aryl methyl sites for hydroxylation is 1. The minimum Gasteiger partial charge on any atom is -0.465 e. The molecule has 0 amide bonds. The summed E-state index contributed by atoms with van der Waals surface area (Å²) >= 11 is 0. The van der Waals surface area contributed by atoms with E-state index in [0.29, 0.717) is 31.6 Å². The van der Waals surface area contributed by atoms with Crippen LogP contribution in [0.3, 0.4) is 0 Å². The lowest BCUT2D eigenvalue weighted by atomic mass is 10.2. The summed E-state index contributed by atoms with van der Waals surface area (Å²) in [4.78, 5) is 2.23. The maximum atomic E-state index is 10.1. The van der Waals surface area contributed by atoms with Crippen molar-refractivity contribution in [1.29, 1.82) is 0 Å². The van der Waals surface area contributed by atoms with Crippen LogP contribution in [0.1, 0.15) is 39.2 Å². The van der Waals surface area contributed by atoms with E-state index in [1.807, 2.05) is 19.1 Å². The van der Waals surface area contributed by atoms with Gasteiger partial charge in [-0.1, -0.05) is 27.7 Å². The molecule has 0 bridgehead atoms. The van der Waals surface area contributed by atoms with E-state index in [1.54, 1.807) is 0 Å².